The van der Waals surface area contributed by atoms with Gasteiger partial charge in [0, 0.05) is 23.9 Å². The first kappa shape index (κ1) is 29.7. The Hall–Kier alpha value is -3.82. The lowest BCUT2D eigenvalue weighted by Crippen LogP contribution is -2.44. The summed E-state index contributed by atoms with van der Waals surface area (Å²) in [4.78, 5) is 10.9. The minimum Gasteiger partial charge on any atom is -0.490 e. The zero-order chi connectivity index (χ0) is 30.0. The van der Waals surface area contributed by atoms with Crippen molar-refractivity contribution in [3.8, 4) is 5.75 Å². The van der Waals surface area contributed by atoms with Crippen molar-refractivity contribution in [1.82, 2.24) is 20.2 Å². The summed E-state index contributed by atoms with van der Waals surface area (Å²) in [5.74, 6) is -2.49. The Kier molecular flexibility index (Phi) is 8.61. The van der Waals surface area contributed by atoms with Crippen LogP contribution in [0.4, 0.5) is 30.6 Å². The molecule has 0 unspecified atom stereocenters. The van der Waals surface area contributed by atoms with Gasteiger partial charge in [-0.3, -0.25) is 5.10 Å². The fourth-order valence-corrected chi connectivity index (χ4v) is 6.50. The standard InChI is InChI=1S/C27H27F3N6O4S2/c1-15-11-22(35-34-15)31-25-24(39-3)26(36-9-10-40-13-16(36)2)33-27(32-25)41-21-8-7-18(12-20(21)29)42(37,38)14-17-5-4-6-19(28)23(17)30/h4-8,11-12,16H,9-10,13-14H2,1-3H3,(H2,31,32,33,34,35)/t16-/m0/s1. The van der Waals surface area contributed by atoms with Crippen molar-refractivity contribution in [3.63, 3.8) is 0 Å². The van der Waals surface area contributed by atoms with E-state index in [1.165, 1.54) is 31.4 Å². The van der Waals surface area contributed by atoms with Gasteiger partial charge in [-0.15, -0.1) is 0 Å². The quantitative estimate of drug-likeness (QED) is 0.247. The Morgan fingerprint density at radius 3 is 2.67 bits per heavy atom. The van der Waals surface area contributed by atoms with Crippen LogP contribution in [0.3, 0.4) is 0 Å². The molecule has 0 saturated carbocycles. The van der Waals surface area contributed by atoms with Crippen LogP contribution in [0.15, 0.2) is 57.4 Å². The Morgan fingerprint density at radius 2 is 1.98 bits per heavy atom. The molecule has 0 aliphatic carbocycles. The van der Waals surface area contributed by atoms with E-state index in [9.17, 15) is 17.2 Å². The Balaban J connectivity index is 1.48. The molecule has 1 saturated heterocycles. The number of nitrogens with one attached hydrogen (secondary N) is 2. The minimum atomic E-state index is -4.18. The maximum absolute atomic E-state index is 15.3. The monoisotopic (exact) mass is 620 g/mol. The van der Waals surface area contributed by atoms with Crippen LogP contribution in [-0.4, -0.2) is 61.5 Å². The van der Waals surface area contributed by atoms with Crippen molar-refractivity contribution in [2.24, 2.45) is 0 Å². The van der Waals surface area contributed by atoms with Gasteiger partial charge in [0.2, 0.25) is 5.75 Å². The molecule has 5 rings (SSSR count). The zero-order valence-corrected chi connectivity index (χ0v) is 24.5. The smallest absolute Gasteiger partial charge is 0.204 e. The molecule has 2 aromatic carbocycles. The van der Waals surface area contributed by atoms with E-state index in [0.29, 0.717) is 43.0 Å². The second kappa shape index (κ2) is 12.2. The third-order valence-corrected chi connectivity index (χ3v) is 9.04. The number of aryl methyl sites for hydroxylation is 1. The number of aromatic amines is 1. The molecule has 2 N–H and O–H groups in total. The molecule has 3 heterocycles. The molecule has 4 aromatic rings. The van der Waals surface area contributed by atoms with Gasteiger partial charge in [0.15, 0.2) is 44.1 Å². The van der Waals surface area contributed by atoms with Crippen molar-refractivity contribution < 1.29 is 31.1 Å². The molecule has 1 atom stereocenters. The van der Waals surface area contributed by atoms with Gasteiger partial charge in [0.1, 0.15) is 5.82 Å². The normalized spacial score (nSPS) is 15.6. The van der Waals surface area contributed by atoms with Crippen molar-refractivity contribution in [2.75, 3.05) is 37.1 Å². The number of aromatic nitrogens is 4. The molecular weight excluding hydrogens is 593 g/mol. The summed E-state index contributed by atoms with van der Waals surface area (Å²) in [6, 6.07) is 8.34. The predicted octanol–water partition coefficient (Wildman–Crippen LogP) is 5.03. The topological polar surface area (TPSA) is 122 Å². The second-order valence-electron chi connectivity index (χ2n) is 9.56. The first-order chi connectivity index (χ1) is 20.1. The summed E-state index contributed by atoms with van der Waals surface area (Å²) < 4.78 is 80.0. The molecule has 10 nitrogen and oxygen atoms in total. The van der Waals surface area contributed by atoms with Gasteiger partial charge in [0.05, 0.1) is 41.9 Å². The molecule has 0 bridgehead atoms. The van der Waals surface area contributed by atoms with Gasteiger partial charge in [-0.05, 0) is 49.9 Å². The van der Waals surface area contributed by atoms with Crippen molar-refractivity contribution in [1.29, 1.82) is 0 Å². The number of ether oxygens (including phenoxy) is 2. The first-order valence-corrected chi connectivity index (χ1v) is 15.2. The molecule has 1 aliphatic rings. The van der Waals surface area contributed by atoms with Crippen molar-refractivity contribution >= 4 is 39.1 Å². The van der Waals surface area contributed by atoms with Crippen LogP contribution in [0.2, 0.25) is 0 Å². The highest BCUT2D eigenvalue weighted by atomic mass is 32.2. The number of H-pyrrole nitrogens is 1. The van der Waals surface area contributed by atoms with Gasteiger partial charge >= 0.3 is 0 Å². The lowest BCUT2D eigenvalue weighted by Gasteiger charge is -2.35. The van der Waals surface area contributed by atoms with Gasteiger partial charge in [-0.1, -0.05) is 12.1 Å². The predicted molar refractivity (Wildman–Crippen MR) is 151 cm³/mol. The Labute approximate surface area is 244 Å². The molecule has 222 valence electrons. The number of halogens is 3. The minimum absolute atomic E-state index is 0.0370. The van der Waals surface area contributed by atoms with E-state index in [1.54, 1.807) is 6.07 Å². The highest BCUT2D eigenvalue weighted by molar-refractivity contribution is 7.99. The van der Waals surface area contributed by atoms with E-state index in [-0.39, 0.29) is 26.6 Å². The summed E-state index contributed by atoms with van der Waals surface area (Å²) >= 11 is 0.887. The summed E-state index contributed by atoms with van der Waals surface area (Å²) in [5.41, 5.74) is 0.469. The molecule has 1 aliphatic heterocycles. The van der Waals surface area contributed by atoms with E-state index in [0.717, 1.165) is 29.6 Å². The average molecular weight is 621 g/mol. The van der Waals surface area contributed by atoms with Crippen LogP contribution < -0.4 is 15.0 Å². The molecule has 1 fully saturated rings. The van der Waals surface area contributed by atoms with Crippen LogP contribution in [0.25, 0.3) is 0 Å². The molecule has 42 heavy (non-hydrogen) atoms. The number of methoxy groups -OCH3 is 1. The number of hydrogen-bond acceptors (Lipinski definition) is 10. The van der Waals surface area contributed by atoms with E-state index < -0.39 is 33.0 Å². The van der Waals surface area contributed by atoms with E-state index in [2.05, 4.69) is 25.5 Å². The van der Waals surface area contributed by atoms with E-state index in [4.69, 9.17) is 9.47 Å². The van der Waals surface area contributed by atoms with Crippen LogP contribution >= 0.6 is 11.8 Å². The van der Waals surface area contributed by atoms with Crippen LogP contribution in [-0.2, 0) is 20.3 Å². The number of sulfone groups is 1. The number of hydrogen-bond donors (Lipinski definition) is 2. The zero-order valence-electron chi connectivity index (χ0n) is 22.8. The summed E-state index contributed by atoms with van der Waals surface area (Å²) in [5, 5.41) is 10.3. The summed E-state index contributed by atoms with van der Waals surface area (Å²) in [6.45, 7) is 5.31. The summed E-state index contributed by atoms with van der Waals surface area (Å²) in [7, 11) is -2.69. The fourth-order valence-electron chi connectivity index (χ4n) is 4.38. The molecule has 2 aromatic heterocycles. The van der Waals surface area contributed by atoms with E-state index in [1.807, 2.05) is 18.7 Å². The lowest BCUT2D eigenvalue weighted by atomic mass is 10.2. The molecular formula is C27H27F3N6O4S2. The van der Waals surface area contributed by atoms with Crippen LogP contribution in [0.1, 0.15) is 18.2 Å². The fraction of sp³-hybridized carbons (Fsp3) is 0.296. The van der Waals surface area contributed by atoms with Crippen molar-refractivity contribution in [2.45, 2.75) is 40.6 Å². The maximum Gasteiger partial charge on any atom is 0.204 e. The number of benzene rings is 2. The largest absolute Gasteiger partial charge is 0.490 e. The van der Waals surface area contributed by atoms with Crippen LogP contribution in [0, 0.1) is 24.4 Å². The molecule has 0 amide bonds. The van der Waals surface area contributed by atoms with Gasteiger partial charge < -0.3 is 19.7 Å². The molecule has 15 heteroatoms. The number of anilines is 3. The van der Waals surface area contributed by atoms with Crippen LogP contribution in [0.5, 0.6) is 5.75 Å². The SMILES string of the molecule is COc1c(Nc2cc(C)[nH]n2)nc(Sc2ccc(S(=O)(=O)Cc3cccc(F)c3F)cc2F)nc1N1CCOC[C@@H]1C. The number of morpholine rings is 1. The second-order valence-corrected chi connectivity index (χ2v) is 12.6. The van der Waals surface area contributed by atoms with Gasteiger partial charge in [-0.25, -0.2) is 31.6 Å². The van der Waals surface area contributed by atoms with Gasteiger partial charge in [-0.2, -0.15) is 5.10 Å². The van der Waals surface area contributed by atoms with Crippen molar-refractivity contribution in [3.05, 3.63) is 71.2 Å². The third kappa shape index (κ3) is 6.32. The number of nitrogens with zero attached hydrogens (tertiary/aromatic N) is 4. The highest BCUT2D eigenvalue weighted by Gasteiger charge is 2.28. The Morgan fingerprint density at radius 1 is 1.17 bits per heavy atom. The van der Waals surface area contributed by atoms with Gasteiger partial charge in [0.25, 0.3) is 0 Å². The molecule has 0 spiro atoms. The Bertz CT molecular complexity index is 1720. The first-order valence-electron chi connectivity index (χ1n) is 12.8. The van der Waals surface area contributed by atoms with E-state index >= 15 is 4.39 Å². The summed E-state index contributed by atoms with van der Waals surface area (Å²) in [6.07, 6.45) is 0. The maximum atomic E-state index is 15.3. The third-order valence-electron chi connectivity index (χ3n) is 6.46. The average Bonchev–Trinajstić information content (AvgIpc) is 3.36. The lowest BCUT2D eigenvalue weighted by molar-refractivity contribution is 0.0981. The number of rotatable bonds is 9. The molecule has 0 radical (unpaired) electrons. The highest BCUT2D eigenvalue weighted by Crippen LogP contribution is 2.40.